The predicted molar refractivity (Wildman–Crippen MR) is 97.6 cm³/mol. The van der Waals surface area contributed by atoms with Crippen LogP contribution < -0.4 is 9.54 Å². The van der Waals surface area contributed by atoms with Gasteiger partial charge in [0.05, 0.1) is 17.3 Å². The highest BCUT2D eigenvalue weighted by molar-refractivity contribution is 7.16. The number of rotatable bonds is 4. The number of amides is 1. The van der Waals surface area contributed by atoms with Crippen LogP contribution in [-0.4, -0.2) is 17.6 Å². The third-order valence-corrected chi connectivity index (χ3v) is 4.82. The molecule has 0 unspecified atom stereocenters. The molecule has 0 fully saturated rings. The van der Waals surface area contributed by atoms with Crippen LogP contribution in [0.25, 0.3) is 10.2 Å². The molecule has 0 N–H and O–H groups in total. The van der Waals surface area contributed by atoms with E-state index in [1.54, 1.807) is 19.3 Å². The van der Waals surface area contributed by atoms with Gasteiger partial charge in [-0.25, -0.2) is 0 Å². The average molecular weight is 338 g/mol. The van der Waals surface area contributed by atoms with E-state index in [0.717, 1.165) is 21.5 Å². The summed E-state index contributed by atoms with van der Waals surface area (Å²) >= 11 is 1.47. The summed E-state index contributed by atoms with van der Waals surface area (Å²) in [5.74, 6) is 0.552. The van der Waals surface area contributed by atoms with Crippen LogP contribution in [0.2, 0.25) is 0 Å². The number of nitrogens with zero attached hydrogens (tertiary/aromatic N) is 2. The van der Waals surface area contributed by atoms with E-state index in [-0.39, 0.29) is 5.91 Å². The normalized spacial score (nSPS) is 11.7. The van der Waals surface area contributed by atoms with Crippen molar-refractivity contribution >= 4 is 27.5 Å². The third kappa shape index (κ3) is 3.03. The van der Waals surface area contributed by atoms with Crippen LogP contribution in [0, 0.1) is 6.92 Å². The molecule has 24 heavy (non-hydrogen) atoms. The lowest BCUT2D eigenvalue weighted by atomic mass is 10.1. The maximum atomic E-state index is 12.6. The molecule has 0 saturated heterocycles. The van der Waals surface area contributed by atoms with Crippen molar-refractivity contribution in [3.63, 3.8) is 0 Å². The zero-order valence-corrected chi connectivity index (χ0v) is 14.5. The van der Waals surface area contributed by atoms with Crippen molar-refractivity contribution in [2.24, 2.45) is 4.99 Å². The Bertz CT molecular complexity index is 982. The fourth-order valence-electron chi connectivity index (χ4n) is 2.53. The molecule has 1 amide bonds. The number of carbonyl (C=O) groups is 1. The Labute approximate surface area is 144 Å². The molecule has 0 aliphatic rings. The first-order valence-corrected chi connectivity index (χ1v) is 8.38. The highest BCUT2D eigenvalue weighted by Gasteiger charge is 2.10. The monoisotopic (exact) mass is 338 g/mol. The van der Waals surface area contributed by atoms with Gasteiger partial charge in [-0.05, 0) is 36.8 Å². The Morgan fingerprint density at radius 3 is 2.83 bits per heavy atom. The number of carbonyl (C=O) groups excluding carboxylic acids is 1. The molecule has 4 nitrogen and oxygen atoms in total. The van der Waals surface area contributed by atoms with Gasteiger partial charge in [-0.3, -0.25) is 4.79 Å². The largest absolute Gasteiger partial charge is 0.497 e. The topological polar surface area (TPSA) is 43.6 Å². The number of allylic oxidation sites excluding steroid dienone is 1. The van der Waals surface area contributed by atoms with E-state index in [2.05, 4.69) is 11.6 Å². The molecule has 0 atom stereocenters. The second-order valence-corrected chi connectivity index (χ2v) is 6.36. The van der Waals surface area contributed by atoms with Gasteiger partial charge in [0.2, 0.25) is 0 Å². The maximum Gasteiger partial charge on any atom is 0.279 e. The van der Waals surface area contributed by atoms with E-state index < -0.39 is 0 Å². The van der Waals surface area contributed by atoms with E-state index in [1.165, 1.54) is 11.3 Å². The molecule has 3 aromatic rings. The number of benzene rings is 2. The molecule has 122 valence electrons. The predicted octanol–water partition coefficient (Wildman–Crippen LogP) is 3.95. The molecule has 0 aliphatic heterocycles. The standard InChI is InChI=1S/C19H18N2O2S/c1-4-11-21-16-10-9-14(23-3)12-17(16)24-19(21)20-18(22)15-8-6-5-7-13(15)2/h4-10,12H,1,11H2,2-3H3. The summed E-state index contributed by atoms with van der Waals surface area (Å²) in [4.78, 5) is 17.6. The lowest BCUT2D eigenvalue weighted by Crippen LogP contribution is -2.16. The Kier molecular flexibility index (Phi) is 4.62. The lowest BCUT2D eigenvalue weighted by molar-refractivity contribution is 0.0997. The first-order chi connectivity index (χ1) is 11.6. The molecule has 0 saturated carbocycles. The number of thiazole rings is 1. The summed E-state index contributed by atoms with van der Waals surface area (Å²) < 4.78 is 8.29. The minimum absolute atomic E-state index is 0.232. The number of hydrogen-bond acceptors (Lipinski definition) is 3. The Hall–Kier alpha value is -2.66. The van der Waals surface area contributed by atoms with Gasteiger partial charge in [0.15, 0.2) is 4.80 Å². The summed E-state index contributed by atoms with van der Waals surface area (Å²) in [5, 5.41) is 0. The average Bonchev–Trinajstić information content (AvgIpc) is 2.92. The smallest absolute Gasteiger partial charge is 0.279 e. The van der Waals surface area contributed by atoms with E-state index >= 15 is 0 Å². The SMILES string of the molecule is C=CCn1c(=NC(=O)c2ccccc2C)sc2cc(OC)ccc21. The van der Waals surface area contributed by atoms with Crippen molar-refractivity contribution in [1.29, 1.82) is 0 Å². The molecule has 3 rings (SSSR count). The zero-order chi connectivity index (χ0) is 17.1. The van der Waals surface area contributed by atoms with E-state index in [4.69, 9.17) is 4.74 Å². The number of aryl methyl sites for hydroxylation is 1. The first-order valence-electron chi connectivity index (χ1n) is 7.57. The van der Waals surface area contributed by atoms with Crippen LogP contribution in [0.4, 0.5) is 0 Å². The molecule has 0 bridgehead atoms. The molecule has 2 aromatic carbocycles. The van der Waals surface area contributed by atoms with Crippen molar-refractivity contribution in [2.45, 2.75) is 13.5 Å². The molecule has 0 spiro atoms. The van der Waals surface area contributed by atoms with Gasteiger partial charge in [0.1, 0.15) is 5.75 Å². The van der Waals surface area contributed by atoms with E-state index in [9.17, 15) is 4.79 Å². The Morgan fingerprint density at radius 2 is 2.12 bits per heavy atom. The van der Waals surface area contributed by atoms with Crippen molar-refractivity contribution in [3.8, 4) is 5.75 Å². The van der Waals surface area contributed by atoms with Gasteiger partial charge in [0, 0.05) is 12.1 Å². The van der Waals surface area contributed by atoms with Crippen LogP contribution >= 0.6 is 11.3 Å². The van der Waals surface area contributed by atoms with Crippen molar-refractivity contribution < 1.29 is 9.53 Å². The van der Waals surface area contributed by atoms with Crippen LogP contribution in [0.15, 0.2) is 60.1 Å². The third-order valence-electron chi connectivity index (χ3n) is 3.77. The lowest BCUT2D eigenvalue weighted by Gasteiger charge is -2.03. The van der Waals surface area contributed by atoms with E-state index in [1.807, 2.05) is 47.9 Å². The van der Waals surface area contributed by atoms with Crippen LogP contribution in [0.5, 0.6) is 5.75 Å². The fraction of sp³-hybridized carbons (Fsp3) is 0.158. The first kappa shape index (κ1) is 16.2. The second-order valence-electron chi connectivity index (χ2n) is 5.35. The number of fused-ring (bicyclic) bond motifs is 1. The molecular weight excluding hydrogens is 320 g/mol. The highest BCUT2D eigenvalue weighted by Crippen LogP contribution is 2.23. The summed E-state index contributed by atoms with van der Waals surface area (Å²) in [6, 6.07) is 13.3. The van der Waals surface area contributed by atoms with Gasteiger partial charge in [-0.15, -0.1) is 6.58 Å². The molecule has 1 aromatic heterocycles. The Morgan fingerprint density at radius 1 is 1.33 bits per heavy atom. The Balaban J connectivity index is 2.17. The number of aromatic nitrogens is 1. The quantitative estimate of drug-likeness (QED) is 0.676. The molecule has 1 heterocycles. The van der Waals surface area contributed by atoms with Gasteiger partial charge >= 0.3 is 0 Å². The van der Waals surface area contributed by atoms with Crippen LogP contribution in [0.1, 0.15) is 15.9 Å². The van der Waals surface area contributed by atoms with Gasteiger partial charge < -0.3 is 9.30 Å². The molecular formula is C19H18N2O2S. The maximum absolute atomic E-state index is 12.6. The summed E-state index contributed by atoms with van der Waals surface area (Å²) in [7, 11) is 1.64. The summed E-state index contributed by atoms with van der Waals surface area (Å²) in [6.07, 6.45) is 1.80. The van der Waals surface area contributed by atoms with E-state index in [0.29, 0.717) is 16.9 Å². The number of hydrogen-bond donors (Lipinski definition) is 0. The number of methoxy groups -OCH3 is 1. The second kappa shape index (κ2) is 6.84. The summed E-state index contributed by atoms with van der Waals surface area (Å²) in [5.41, 5.74) is 2.55. The van der Waals surface area contributed by atoms with Gasteiger partial charge in [0.25, 0.3) is 5.91 Å². The fourth-order valence-corrected chi connectivity index (χ4v) is 3.60. The van der Waals surface area contributed by atoms with Crippen LogP contribution in [0.3, 0.4) is 0 Å². The summed E-state index contributed by atoms with van der Waals surface area (Å²) in [6.45, 7) is 6.30. The minimum atomic E-state index is -0.232. The van der Waals surface area contributed by atoms with Crippen LogP contribution in [-0.2, 0) is 6.54 Å². The molecule has 0 radical (unpaired) electrons. The van der Waals surface area contributed by atoms with Crippen molar-refractivity contribution in [2.75, 3.05) is 7.11 Å². The van der Waals surface area contributed by atoms with Crippen molar-refractivity contribution in [3.05, 3.63) is 71.0 Å². The molecule has 0 aliphatic carbocycles. The highest BCUT2D eigenvalue weighted by atomic mass is 32.1. The van der Waals surface area contributed by atoms with Gasteiger partial charge in [-0.2, -0.15) is 4.99 Å². The minimum Gasteiger partial charge on any atom is -0.497 e. The number of ether oxygens (including phenoxy) is 1. The van der Waals surface area contributed by atoms with Crippen molar-refractivity contribution in [1.82, 2.24) is 4.57 Å². The molecule has 5 heteroatoms. The van der Waals surface area contributed by atoms with Gasteiger partial charge in [-0.1, -0.05) is 35.6 Å². The zero-order valence-electron chi connectivity index (χ0n) is 13.7.